The second kappa shape index (κ2) is 11.9. The van der Waals surface area contributed by atoms with E-state index < -0.39 is 5.92 Å². The number of hydrogen-bond donors (Lipinski definition) is 3. The second-order valence-corrected chi connectivity index (χ2v) is 12.0. The summed E-state index contributed by atoms with van der Waals surface area (Å²) in [4.78, 5) is 16.4. The first kappa shape index (κ1) is 28.4. The molecule has 5 heterocycles. The lowest BCUT2D eigenvalue weighted by Crippen LogP contribution is -2.38. The molecule has 6 rings (SSSR count). The lowest BCUT2D eigenvalue weighted by atomic mass is 9.91. The van der Waals surface area contributed by atoms with Crippen molar-refractivity contribution in [1.29, 1.82) is 0 Å². The number of nitrogens with one attached hydrogen (secondary N) is 2. The maximum atomic E-state index is 13.6. The first-order valence-electron chi connectivity index (χ1n) is 14.9. The Bertz CT molecular complexity index is 1500. The molecule has 0 amide bonds. The third-order valence-electron chi connectivity index (χ3n) is 8.32. The van der Waals surface area contributed by atoms with Crippen LogP contribution in [0, 0.1) is 0 Å². The van der Waals surface area contributed by atoms with Crippen LogP contribution in [-0.4, -0.2) is 60.7 Å². The summed E-state index contributed by atoms with van der Waals surface area (Å²) in [6.07, 6.45) is 9.33. The average Bonchev–Trinajstić information content (AvgIpc) is 3.40. The average molecular weight is 576 g/mol. The van der Waals surface area contributed by atoms with Crippen molar-refractivity contribution in [3.63, 3.8) is 0 Å². The molecule has 1 saturated carbocycles. The molecule has 0 radical (unpaired) electrons. The largest absolute Gasteiger partial charge is 0.382 e. The first-order chi connectivity index (χ1) is 20.2. The van der Waals surface area contributed by atoms with Gasteiger partial charge >= 0.3 is 0 Å². The zero-order valence-electron chi connectivity index (χ0n) is 24.2. The quantitative estimate of drug-likeness (QED) is 0.230. The Labute approximate surface area is 244 Å². The van der Waals surface area contributed by atoms with Crippen molar-refractivity contribution in [1.82, 2.24) is 29.6 Å². The minimum Gasteiger partial charge on any atom is -0.382 e. The number of rotatable bonds is 8. The molecule has 0 bridgehead atoms. The third kappa shape index (κ3) is 6.52. The number of fused-ring (bicyclic) bond motifs is 1. The van der Waals surface area contributed by atoms with Crippen molar-refractivity contribution in [2.75, 3.05) is 23.7 Å². The van der Waals surface area contributed by atoms with Gasteiger partial charge in [0.2, 0.25) is 0 Å². The fraction of sp³-hybridized carbons (Fsp3) is 0.484. The number of nitrogens with zero attached hydrogens (tertiary/aromatic N) is 6. The van der Waals surface area contributed by atoms with Crippen LogP contribution in [0.3, 0.4) is 0 Å². The van der Waals surface area contributed by atoms with E-state index in [0.29, 0.717) is 37.3 Å². The lowest BCUT2D eigenvalue weighted by Gasteiger charge is -2.31. The predicted molar refractivity (Wildman–Crippen MR) is 162 cm³/mol. The monoisotopic (exact) mass is 575 g/mol. The number of alkyl halides is 2. The first-order valence-corrected chi connectivity index (χ1v) is 14.9. The summed E-state index contributed by atoms with van der Waals surface area (Å²) in [5, 5.41) is 12.6. The zero-order valence-corrected chi connectivity index (χ0v) is 24.2. The standard InChI is InChI=1S/C31H39F2N9/c1-20(2)42-30-22(17-37-42)4-10-28(40-30)39-29-15-27(38-24-7-5-23(34)6-8-24)25(18-36-29)26-9-3-21(16-35-26)19-41-13-11-31(32,33)12-14-41/h3-4,9-10,15-18,20,23-24H,5-8,11-14,19,34H2,1-2H3,(H2,36,38,39,40). The van der Waals surface area contributed by atoms with Crippen LogP contribution < -0.4 is 16.4 Å². The van der Waals surface area contributed by atoms with Crippen LogP contribution in [0.5, 0.6) is 0 Å². The van der Waals surface area contributed by atoms with Crippen molar-refractivity contribution in [2.24, 2.45) is 5.73 Å². The highest BCUT2D eigenvalue weighted by molar-refractivity contribution is 5.80. The van der Waals surface area contributed by atoms with Gasteiger partial charge < -0.3 is 16.4 Å². The Hall–Kier alpha value is -3.70. The normalized spacial score (nSPS) is 21.1. The molecule has 9 nitrogen and oxygen atoms in total. The highest BCUT2D eigenvalue weighted by atomic mass is 19.3. The van der Waals surface area contributed by atoms with Crippen LogP contribution in [0.15, 0.2) is 48.9 Å². The number of pyridine rings is 3. The van der Waals surface area contributed by atoms with Gasteiger partial charge in [0.15, 0.2) is 5.65 Å². The minimum absolute atomic E-state index is 0.0869. The fourth-order valence-electron chi connectivity index (χ4n) is 5.81. The molecular weight excluding hydrogens is 536 g/mol. The molecule has 0 atom stereocenters. The fourth-order valence-corrected chi connectivity index (χ4v) is 5.81. The summed E-state index contributed by atoms with van der Waals surface area (Å²) in [7, 11) is 0. The molecule has 1 saturated heterocycles. The summed E-state index contributed by atoms with van der Waals surface area (Å²) in [5.41, 5.74) is 10.6. The van der Waals surface area contributed by atoms with Crippen LogP contribution in [0.1, 0.15) is 64.0 Å². The van der Waals surface area contributed by atoms with Gasteiger partial charge in [0.25, 0.3) is 5.92 Å². The summed E-state index contributed by atoms with van der Waals surface area (Å²) in [5.74, 6) is -1.17. The van der Waals surface area contributed by atoms with Gasteiger partial charge in [-0.05, 0) is 63.3 Å². The van der Waals surface area contributed by atoms with E-state index in [0.717, 1.165) is 59.2 Å². The Balaban J connectivity index is 1.23. The summed E-state index contributed by atoms with van der Waals surface area (Å²) < 4.78 is 29.0. The van der Waals surface area contributed by atoms with Gasteiger partial charge in [-0.15, -0.1) is 0 Å². The second-order valence-electron chi connectivity index (χ2n) is 12.0. The van der Waals surface area contributed by atoms with E-state index in [4.69, 9.17) is 20.7 Å². The molecule has 4 N–H and O–H groups in total. The number of nitrogens with two attached hydrogens (primary N) is 1. The van der Waals surface area contributed by atoms with Gasteiger partial charge in [0.1, 0.15) is 11.6 Å². The SMILES string of the molecule is CC(C)n1ncc2ccc(Nc3cc(NC4CCC(N)CC4)c(-c4ccc(CN5CCC(F)(F)CC5)cn4)cn3)nc21. The number of anilines is 3. The van der Waals surface area contributed by atoms with Gasteiger partial charge in [-0.1, -0.05) is 6.07 Å². The molecule has 0 unspecified atom stereocenters. The molecule has 4 aromatic heterocycles. The third-order valence-corrected chi connectivity index (χ3v) is 8.32. The van der Waals surface area contributed by atoms with E-state index in [1.54, 1.807) is 0 Å². The van der Waals surface area contributed by atoms with Crippen LogP contribution in [-0.2, 0) is 6.54 Å². The topological polar surface area (TPSA) is 110 Å². The van der Waals surface area contributed by atoms with Crippen LogP contribution >= 0.6 is 0 Å². The van der Waals surface area contributed by atoms with E-state index >= 15 is 0 Å². The summed E-state index contributed by atoms with van der Waals surface area (Å²) >= 11 is 0. The van der Waals surface area contributed by atoms with E-state index in [1.807, 2.05) is 53.6 Å². The number of hydrogen-bond acceptors (Lipinski definition) is 8. The Kier molecular flexibility index (Phi) is 8.04. The number of piperidine rings is 1. The van der Waals surface area contributed by atoms with Gasteiger partial charge in [0.05, 0.1) is 11.9 Å². The van der Waals surface area contributed by atoms with Crippen LogP contribution in [0.2, 0.25) is 0 Å². The molecule has 42 heavy (non-hydrogen) atoms. The maximum absolute atomic E-state index is 13.6. The van der Waals surface area contributed by atoms with Crippen molar-refractivity contribution in [3.05, 3.63) is 54.5 Å². The smallest absolute Gasteiger partial charge is 0.250 e. The summed E-state index contributed by atoms with van der Waals surface area (Å²) in [6, 6.07) is 10.7. The molecule has 11 heteroatoms. The van der Waals surface area contributed by atoms with E-state index in [1.165, 1.54) is 0 Å². The highest BCUT2D eigenvalue weighted by Crippen LogP contribution is 2.33. The Morgan fingerprint density at radius 1 is 0.976 bits per heavy atom. The number of halogens is 2. The van der Waals surface area contributed by atoms with Crippen molar-refractivity contribution >= 4 is 28.4 Å². The molecule has 4 aromatic rings. The van der Waals surface area contributed by atoms with Crippen molar-refractivity contribution in [3.8, 4) is 11.3 Å². The van der Waals surface area contributed by atoms with Gasteiger partial charge in [0, 0.05) is 85.7 Å². The number of aromatic nitrogens is 5. The Morgan fingerprint density at radius 3 is 2.48 bits per heavy atom. The molecule has 222 valence electrons. The summed E-state index contributed by atoms with van der Waals surface area (Å²) in [6.45, 7) is 5.58. The van der Waals surface area contributed by atoms with Crippen LogP contribution in [0.4, 0.5) is 26.1 Å². The van der Waals surface area contributed by atoms with Crippen LogP contribution in [0.25, 0.3) is 22.3 Å². The molecule has 0 aromatic carbocycles. The molecular formula is C31H39F2N9. The Morgan fingerprint density at radius 2 is 1.76 bits per heavy atom. The van der Waals surface area contributed by atoms with E-state index in [-0.39, 0.29) is 24.9 Å². The van der Waals surface area contributed by atoms with Crippen molar-refractivity contribution in [2.45, 2.75) is 83.0 Å². The molecule has 0 spiro atoms. The predicted octanol–water partition coefficient (Wildman–Crippen LogP) is 6.13. The van der Waals surface area contributed by atoms with Gasteiger partial charge in [-0.3, -0.25) is 9.88 Å². The maximum Gasteiger partial charge on any atom is 0.250 e. The minimum atomic E-state index is -2.54. The van der Waals surface area contributed by atoms with Gasteiger partial charge in [-0.25, -0.2) is 23.4 Å². The lowest BCUT2D eigenvalue weighted by molar-refractivity contribution is -0.0566. The molecule has 1 aliphatic carbocycles. The zero-order chi connectivity index (χ0) is 29.3. The number of likely N-dealkylation sites (tertiary alicyclic amines) is 1. The van der Waals surface area contributed by atoms with E-state index in [9.17, 15) is 8.78 Å². The molecule has 2 aliphatic rings. The van der Waals surface area contributed by atoms with Crippen molar-refractivity contribution < 1.29 is 8.78 Å². The molecule has 2 fully saturated rings. The molecule has 1 aliphatic heterocycles. The highest BCUT2D eigenvalue weighted by Gasteiger charge is 2.33. The van der Waals surface area contributed by atoms with Gasteiger partial charge in [-0.2, -0.15) is 5.10 Å². The van der Waals surface area contributed by atoms with E-state index in [2.05, 4.69) is 34.5 Å².